The van der Waals surface area contributed by atoms with E-state index in [4.69, 9.17) is 0 Å². The number of fused-ring (bicyclic) bond motifs is 1. The van der Waals surface area contributed by atoms with Gasteiger partial charge in [0.05, 0.1) is 5.52 Å². The van der Waals surface area contributed by atoms with E-state index in [1.54, 1.807) is 10.8 Å². The molecule has 6 nitrogen and oxygen atoms in total. The molecule has 28 heavy (non-hydrogen) atoms. The van der Waals surface area contributed by atoms with Crippen LogP contribution in [0.25, 0.3) is 22.3 Å². The molecule has 0 saturated heterocycles. The molecule has 2 N–H and O–H groups in total. The predicted molar refractivity (Wildman–Crippen MR) is 113 cm³/mol. The Kier molecular flexibility index (Phi) is 4.91. The Bertz CT molecular complexity index is 1110. The first-order valence-corrected chi connectivity index (χ1v) is 9.52. The van der Waals surface area contributed by atoms with E-state index in [9.17, 15) is 9.59 Å². The van der Waals surface area contributed by atoms with Crippen LogP contribution in [0.2, 0.25) is 0 Å². The van der Waals surface area contributed by atoms with Crippen LogP contribution in [-0.4, -0.2) is 26.5 Å². The van der Waals surface area contributed by atoms with Crippen LogP contribution < -0.4 is 11.0 Å². The fourth-order valence-electron chi connectivity index (χ4n) is 3.40. The highest BCUT2D eigenvalue weighted by Gasteiger charge is 2.21. The molecule has 1 aromatic carbocycles. The Hall–Kier alpha value is -2.89. The third-order valence-electron chi connectivity index (χ3n) is 4.85. The lowest BCUT2D eigenvalue weighted by molar-refractivity contribution is 0.0943. The first kappa shape index (κ1) is 19.9. The van der Waals surface area contributed by atoms with Crippen molar-refractivity contribution in [2.24, 2.45) is 0 Å². The van der Waals surface area contributed by atoms with E-state index in [1.807, 2.05) is 66.7 Å². The largest absolute Gasteiger partial charge is 0.350 e. The molecule has 0 unspecified atom stereocenters. The van der Waals surface area contributed by atoms with Crippen molar-refractivity contribution >= 4 is 17.1 Å². The van der Waals surface area contributed by atoms with E-state index in [0.717, 1.165) is 22.3 Å². The zero-order valence-corrected chi connectivity index (χ0v) is 17.6. The minimum Gasteiger partial charge on any atom is -0.350 e. The van der Waals surface area contributed by atoms with Gasteiger partial charge >= 0.3 is 5.69 Å². The maximum atomic E-state index is 12.5. The number of rotatable bonds is 3. The Balaban J connectivity index is 2.16. The van der Waals surface area contributed by atoms with Gasteiger partial charge in [0.1, 0.15) is 0 Å². The SMILES string of the molecule is Cc1cc(C(=O)NC(C)C)cc(-c2cnc3c(c2)[nH]c(=O)n3C(C)(C)C)c1C. The highest BCUT2D eigenvalue weighted by Crippen LogP contribution is 2.29. The van der Waals surface area contributed by atoms with Gasteiger partial charge in [0, 0.05) is 28.9 Å². The lowest BCUT2D eigenvalue weighted by Crippen LogP contribution is -2.32. The number of aryl methyl sites for hydroxylation is 1. The van der Waals surface area contributed by atoms with Gasteiger partial charge in [-0.15, -0.1) is 0 Å². The molecule has 2 aromatic heterocycles. The minimum absolute atomic E-state index is 0.0674. The Morgan fingerprint density at radius 3 is 2.46 bits per heavy atom. The van der Waals surface area contributed by atoms with Crippen molar-refractivity contribution in [3.63, 3.8) is 0 Å². The first-order valence-electron chi connectivity index (χ1n) is 9.52. The van der Waals surface area contributed by atoms with Crippen molar-refractivity contribution < 1.29 is 4.79 Å². The number of nitrogens with one attached hydrogen (secondary N) is 2. The quantitative estimate of drug-likeness (QED) is 0.723. The third-order valence-corrected chi connectivity index (χ3v) is 4.85. The molecule has 0 aliphatic carbocycles. The Morgan fingerprint density at radius 2 is 1.86 bits per heavy atom. The molecule has 0 spiro atoms. The van der Waals surface area contributed by atoms with Gasteiger partial charge in [-0.2, -0.15) is 0 Å². The molecule has 2 heterocycles. The normalized spacial score (nSPS) is 12.0. The van der Waals surface area contributed by atoms with Crippen molar-refractivity contribution in [1.29, 1.82) is 0 Å². The van der Waals surface area contributed by atoms with Crippen LogP contribution >= 0.6 is 0 Å². The van der Waals surface area contributed by atoms with Gasteiger partial charge in [0.25, 0.3) is 5.91 Å². The molecule has 0 radical (unpaired) electrons. The van der Waals surface area contributed by atoms with Crippen molar-refractivity contribution in [3.05, 3.63) is 51.6 Å². The number of imidazole rings is 1. The van der Waals surface area contributed by atoms with E-state index in [2.05, 4.69) is 15.3 Å². The second-order valence-corrected chi connectivity index (χ2v) is 8.63. The van der Waals surface area contributed by atoms with E-state index in [-0.39, 0.29) is 23.2 Å². The number of carbonyl (C=O) groups excluding carboxylic acids is 1. The van der Waals surface area contributed by atoms with Crippen molar-refractivity contribution in [1.82, 2.24) is 19.9 Å². The maximum Gasteiger partial charge on any atom is 0.328 e. The summed E-state index contributed by atoms with van der Waals surface area (Å²) in [5.41, 5.74) is 5.31. The number of aromatic nitrogens is 3. The Labute approximate surface area is 165 Å². The van der Waals surface area contributed by atoms with Gasteiger partial charge in [0.15, 0.2) is 5.65 Å². The second kappa shape index (κ2) is 6.93. The topological polar surface area (TPSA) is 79.8 Å². The first-order chi connectivity index (χ1) is 13.0. The average molecular weight is 380 g/mol. The van der Waals surface area contributed by atoms with Gasteiger partial charge in [-0.05, 0) is 83.4 Å². The fraction of sp³-hybridized carbons (Fsp3) is 0.409. The van der Waals surface area contributed by atoms with Crippen LogP contribution in [0.5, 0.6) is 0 Å². The minimum atomic E-state index is -0.370. The van der Waals surface area contributed by atoms with E-state index >= 15 is 0 Å². The second-order valence-electron chi connectivity index (χ2n) is 8.63. The summed E-state index contributed by atoms with van der Waals surface area (Å²) in [5, 5.41) is 2.94. The summed E-state index contributed by atoms with van der Waals surface area (Å²) in [5.74, 6) is -0.0966. The van der Waals surface area contributed by atoms with Crippen LogP contribution in [0, 0.1) is 13.8 Å². The summed E-state index contributed by atoms with van der Waals surface area (Å²) < 4.78 is 1.66. The fourth-order valence-corrected chi connectivity index (χ4v) is 3.40. The number of carbonyl (C=O) groups is 1. The number of amides is 1. The van der Waals surface area contributed by atoms with Crippen LogP contribution in [0.4, 0.5) is 0 Å². The number of hydrogen-bond donors (Lipinski definition) is 2. The van der Waals surface area contributed by atoms with E-state index < -0.39 is 0 Å². The van der Waals surface area contributed by atoms with Gasteiger partial charge in [-0.1, -0.05) is 0 Å². The highest BCUT2D eigenvalue weighted by atomic mass is 16.2. The predicted octanol–water partition coefficient (Wildman–Crippen LogP) is 3.90. The van der Waals surface area contributed by atoms with Crippen LogP contribution in [0.3, 0.4) is 0 Å². The van der Waals surface area contributed by atoms with Crippen molar-refractivity contribution in [2.45, 2.75) is 60.0 Å². The molecule has 0 aliphatic heterocycles. The number of H-pyrrole nitrogens is 1. The van der Waals surface area contributed by atoms with Crippen LogP contribution in [-0.2, 0) is 5.54 Å². The summed E-state index contributed by atoms with van der Waals surface area (Å²) in [4.78, 5) is 32.4. The van der Waals surface area contributed by atoms with Crippen molar-refractivity contribution in [2.75, 3.05) is 0 Å². The molecule has 0 bridgehead atoms. The van der Waals surface area contributed by atoms with E-state index in [1.165, 1.54) is 0 Å². The lowest BCUT2D eigenvalue weighted by atomic mass is 9.94. The maximum absolute atomic E-state index is 12.5. The molecule has 1 amide bonds. The number of pyridine rings is 1. The molecule has 3 rings (SSSR count). The monoisotopic (exact) mass is 380 g/mol. The van der Waals surface area contributed by atoms with Crippen LogP contribution in [0.1, 0.15) is 56.1 Å². The number of hydrogen-bond acceptors (Lipinski definition) is 3. The smallest absolute Gasteiger partial charge is 0.328 e. The number of aromatic amines is 1. The molecule has 6 heteroatoms. The zero-order valence-electron chi connectivity index (χ0n) is 17.6. The third kappa shape index (κ3) is 3.59. The number of benzene rings is 1. The molecular weight excluding hydrogens is 352 g/mol. The standard InChI is InChI=1S/C22H28N4O2/c1-12(2)24-20(27)15-8-13(3)14(4)17(9-15)16-10-18-19(23-11-16)26(21(28)25-18)22(5,6)7/h8-12H,1-7H3,(H,24,27)(H,25,28). The summed E-state index contributed by atoms with van der Waals surface area (Å²) in [6.07, 6.45) is 1.77. The van der Waals surface area contributed by atoms with E-state index in [0.29, 0.717) is 16.7 Å². The summed E-state index contributed by atoms with van der Waals surface area (Å²) in [6.45, 7) is 13.8. The van der Waals surface area contributed by atoms with Gasteiger partial charge in [0.2, 0.25) is 0 Å². The van der Waals surface area contributed by atoms with Gasteiger partial charge in [-0.3, -0.25) is 9.36 Å². The lowest BCUT2D eigenvalue weighted by Gasteiger charge is -2.20. The van der Waals surface area contributed by atoms with Crippen molar-refractivity contribution in [3.8, 4) is 11.1 Å². The zero-order chi connectivity index (χ0) is 20.8. The van der Waals surface area contributed by atoms with Gasteiger partial charge < -0.3 is 10.3 Å². The number of nitrogens with zero attached hydrogens (tertiary/aromatic N) is 2. The average Bonchev–Trinajstić information content (AvgIpc) is 2.91. The molecule has 3 aromatic rings. The molecule has 0 saturated carbocycles. The molecule has 148 valence electrons. The molecular formula is C22H28N4O2. The molecule has 0 atom stereocenters. The summed E-state index contributed by atoms with van der Waals surface area (Å²) in [7, 11) is 0. The van der Waals surface area contributed by atoms with Gasteiger partial charge in [-0.25, -0.2) is 9.78 Å². The molecule has 0 fully saturated rings. The van der Waals surface area contributed by atoms with Crippen LogP contribution in [0.15, 0.2) is 29.2 Å². The molecule has 0 aliphatic rings. The highest BCUT2D eigenvalue weighted by molar-refractivity contribution is 5.96. The summed E-state index contributed by atoms with van der Waals surface area (Å²) >= 11 is 0. The summed E-state index contributed by atoms with van der Waals surface area (Å²) in [6, 6.07) is 5.79. The Morgan fingerprint density at radius 1 is 1.18 bits per heavy atom.